The number of esters is 1. The number of aromatic nitrogens is 1. The highest BCUT2D eigenvalue weighted by Crippen LogP contribution is 2.21. The van der Waals surface area contributed by atoms with Crippen molar-refractivity contribution in [3.05, 3.63) is 71.9 Å². The van der Waals surface area contributed by atoms with Crippen molar-refractivity contribution in [1.82, 2.24) is 14.2 Å². The van der Waals surface area contributed by atoms with Crippen LogP contribution in [0, 0.1) is 0 Å². The van der Waals surface area contributed by atoms with E-state index in [2.05, 4.69) is 4.98 Å². The second-order valence-electron chi connectivity index (χ2n) is 7.51. The minimum Gasteiger partial charge on any atom is -0.457 e. The smallest absolute Gasteiger partial charge is 0.338 e. The van der Waals surface area contributed by atoms with Crippen molar-refractivity contribution in [3.8, 4) is 0 Å². The van der Waals surface area contributed by atoms with E-state index in [9.17, 15) is 18.0 Å². The first-order chi connectivity index (χ1) is 15.4. The molecule has 3 aromatic rings. The Bertz CT molecular complexity index is 1260. The van der Waals surface area contributed by atoms with Crippen LogP contribution in [0.15, 0.2) is 65.7 Å². The van der Waals surface area contributed by atoms with Gasteiger partial charge in [0.25, 0.3) is 0 Å². The third-order valence-electron chi connectivity index (χ3n) is 5.47. The van der Waals surface area contributed by atoms with Gasteiger partial charge in [0.15, 0.2) is 0 Å². The number of benzene rings is 2. The molecule has 0 atom stereocenters. The molecule has 1 aromatic heterocycles. The van der Waals surface area contributed by atoms with Crippen LogP contribution in [0.2, 0.25) is 0 Å². The molecular weight excluding hydrogens is 430 g/mol. The van der Waals surface area contributed by atoms with Crippen molar-refractivity contribution in [2.75, 3.05) is 26.2 Å². The van der Waals surface area contributed by atoms with E-state index in [0.29, 0.717) is 13.1 Å². The van der Waals surface area contributed by atoms with Crippen molar-refractivity contribution >= 4 is 32.8 Å². The zero-order valence-corrected chi connectivity index (χ0v) is 18.4. The molecule has 0 spiro atoms. The number of hydrogen-bond donors (Lipinski definition) is 0. The molecular formula is C23H23N3O5S. The maximum absolute atomic E-state index is 13.0. The normalized spacial score (nSPS) is 15.0. The fraction of sp³-hybridized carbons (Fsp3) is 0.261. The average Bonchev–Trinajstić information content (AvgIpc) is 2.82. The first-order valence-corrected chi connectivity index (χ1v) is 11.7. The van der Waals surface area contributed by atoms with Crippen LogP contribution in [0.25, 0.3) is 10.9 Å². The number of carbonyl (C=O) groups is 2. The highest BCUT2D eigenvalue weighted by atomic mass is 32.2. The van der Waals surface area contributed by atoms with Gasteiger partial charge in [0.2, 0.25) is 15.9 Å². The first-order valence-electron chi connectivity index (χ1n) is 10.2. The summed E-state index contributed by atoms with van der Waals surface area (Å²) in [5.74, 6) is -0.690. The van der Waals surface area contributed by atoms with Gasteiger partial charge in [0.1, 0.15) is 6.61 Å². The largest absolute Gasteiger partial charge is 0.457 e. The molecule has 1 aliphatic rings. The number of hydrogen-bond acceptors (Lipinski definition) is 6. The third kappa shape index (κ3) is 4.49. The van der Waals surface area contributed by atoms with Crippen molar-refractivity contribution in [2.45, 2.75) is 18.4 Å². The van der Waals surface area contributed by atoms with Gasteiger partial charge in [-0.3, -0.25) is 9.78 Å². The van der Waals surface area contributed by atoms with Crippen LogP contribution >= 0.6 is 0 Å². The van der Waals surface area contributed by atoms with E-state index < -0.39 is 16.0 Å². The predicted molar refractivity (Wildman–Crippen MR) is 118 cm³/mol. The van der Waals surface area contributed by atoms with E-state index in [0.717, 1.165) is 16.5 Å². The molecule has 9 heteroatoms. The summed E-state index contributed by atoms with van der Waals surface area (Å²) in [6, 6.07) is 15.2. The average molecular weight is 454 g/mol. The van der Waals surface area contributed by atoms with E-state index in [4.69, 9.17) is 4.74 Å². The van der Waals surface area contributed by atoms with Crippen LogP contribution in [0.4, 0.5) is 0 Å². The molecule has 8 nitrogen and oxygen atoms in total. The molecule has 2 heterocycles. The van der Waals surface area contributed by atoms with E-state index in [-0.39, 0.29) is 36.1 Å². The van der Waals surface area contributed by atoms with E-state index >= 15 is 0 Å². The van der Waals surface area contributed by atoms with Crippen molar-refractivity contribution < 1.29 is 22.7 Å². The molecule has 166 valence electrons. The first kappa shape index (κ1) is 21.9. The SMILES string of the molecule is CC(=O)N1CCN(S(=O)(=O)c2cccc(C(=O)OCc3cccc4cccnc34)c2)CC1. The lowest BCUT2D eigenvalue weighted by molar-refractivity contribution is -0.129. The van der Waals surface area contributed by atoms with E-state index in [1.54, 1.807) is 11.1 Å². The molecule has 0 N–H and O–H groups in total. The van der Waals surface area contributed by atoms with Gasteiger partial charge in [-0.15, -0.1) is 0 Å². The molecule has 0 bridgehead atoms. The minimum atomic E-state index is -3.79. The molecule has 0 unspecified atom stereocenters. The standard InChI is InChI=1S/C23H23N3O5S/c1-17(27)25-11-13-26(14-12-25)32(29,30)21-9-3-6-19(15-21)23(28)31-16-20-7-2-5-18-8-4-10-24-22(18)20/h2-10,15H,11-14,16H2,1H3. The van der Waals surface area contributed by atoms with Crippen LogP contribution < -0.4 is 0 Å². The van der Waals surface area contributed by atoms with Crippen molar-refractivity contribution in [2.24, 2.45) is 0 Å². The zero-order valence-electron chi connectivity index (χ0n) is 17.6. The Morgan fingerprint density at radius 2 is 1.72 bits per heavy atom. The van der Waals surface area contributed by atoms with Crippen LogP contribution in [-0.4, -0.2) is 60.7 Å². The predicted octanol–water partition coefficient (Wildman–Crippen LogP) is 2.44. The zero-order chi connectivity index (χ0) is 22.7. The summed E-state index contributed by atoms with van der Waals surface area (Å²) >= 11 is 0. The topological polar surface area (TPSA) is 96.9 Å². The molecule has 1 amide bonds. The number of fused-ring (bicyclic) bond motifs is 1. The molecule has 0 aliphatic carbocycles. The third-order valence-corrected chi connectivity index (χ3v) is 7.36. The molecule has 2 aromatic carbocycles. The quantitative estimate of drug-likeness (QED) is 0.551. The number of rotatable bonds is 5. The highest BCUT2D eigenvalue weighted by molar-refractivity contribution is 7.89. The molecule has 4 rings (SSSR count). The fourth-order valence-corrected chi connectivity index (χ4v) is 5.16. The minimum absolute atomic E-state index is 0.0232. The number of sulfonamides is 1. The van der Waals surface area contributed by atoms with E-state index in [1.807, 2.05) is 30.3 Å². The van der Waals surface area contributed by atoms with Gasteiger partial charge in [-0.2, -0.15) is 4.31 Å². The number of ether oxygens (including phenoxy) is 1. The van der Waals surface area contributed by atoms with Crippen LogP contribution in [0.3, 0.4) is 0 Å². The van der Waals surface area contributed by atoms with Gasteiger partial charge in [-0.05, 0) is 24.3 Å². The summed E-state index contributed by atoms with van der Waals surface area (Å²) in [7, 11) is -3.79. The summed E-state index contributed by atoms with van der Waals surface area (Å²) in [4.78, 5) is 30.1. The second kappa shape index (κ2) is 9.05. The van der Waals surface area contributed by atoms with Gasteiger partial charge >= 0.3 is 5.97 Å². The van der Waals surface area contributed by atoms with Gasteiger partial charge in [0, 0.05) is 50.2 Å². The summed E-state index contributed by atoms with van der Waals surface area (Å²) in [6.45, 7) is 2.60. The molecule has 0 radical (unpaired) electrons. The number of nitrogens with zero attached hydrogens (tertiary/aromatic N) is 3. The molecule has 1 saturated heterocycles. The lowest BCUT2D eigenvalue weighted by Crippen LogP contribution is -2.49. The van der Waals surface area contributed by atoms with Gasteiger partial charge < -0.3 is 9.64 Å². The highest BCUT2D eigenvalue weighted by Gasteiger charge is 2.29. The summed E-state index contributed by atoms with van der Waals surface area (Å²) in [5, 5.41) is 0.944. The Morgan fingerprint density at radius 1 is 1.00 bits per heavy atom. The molecule has 1 fully saturated rings. The Balaban J connectivity index is 1.47. The van der Waals surface area contributed by atoms with Gasteiger partial charge in [0.05, 0.1) is 16.0 Å². The lowest BCUT2D eigenvalue weighted by Gasteiger charge is -2.33. The number of carbonyl (C=O) groups excluding carboxylic acids is 2. The van der Waals surface area contributed by atoms with Crippen LogP contribution in [-0.2, 0) is 26.2 Å². The van der Waals surface area contributed by atoms with E-state index in [1.165, 1.54) is 35.5 Å². The number of amides is 1. The maximum atomic E-state index is 13.0. The number of para-hydroxylation sites is 1. The van der Waals surface area contributed by atoms with Crippen molar-refractivity contribution in [1.29, 1.82) is 0 Å². The number of pyridine rings is 1. The summed E-state index contributed by atoms with van der Waals surface area (Å²) in [5.41, 5.74) is 1.68. The summed E-state index contributed by atoms with van der Waals surface area (Å²) in [6.07, 6.45) is 1.68. The maximum Gasteiger partial charge on any atom is 0.338 e. The summed E-state index contributed by atoms with van der Waals surface area (Å²) < 4.78 is 32.8. The Kier molecular flexibility index (Phi) is 6.20. The van der Waals surface area contributed by atoms with Crippen LogP contribution in [0.5, 0.6) is 0 Å². The Morgan fingerprint density at radius 3 is 2.47 bits per heavy atom. The molecule has 0 saturated carbocycles. The Labute approximate surface area is 186 Å². The monoisotopic (exact) mass is 453 g/mol. The number of piperazine rings is 1. The Hall–Kier alpha value is -3.30. The van der Waals surface area contributed by atoms with Gasteiger partial charge in [-0.1, -0.05) is 30.3 Å². The lowest BCUT2D eigenvalue weighted by atomic mass is 10.1. The molecule has 1 aliphatic heterocycles. The fourth-order valence-electron chi connectivity index (χ4n) is 3.69. The van der Waals surface area contributed by atoms with Gasteiger partial charge in [-0.25, -0.2) is 13.2 Å². The second-order valence-corrected chi connectivity index (χ2v) is 9.44. The van der Waals surface area contributed by atoms with Crippen molar-refractivity contribution in [3.63, 3.8) is 0 Å². The van der Waals surface area contributed by atoms with Crippen LogP contribution in [0.1, 0.15) is 22.8 Å². The molecule has 32 heavy (non-hydrogen) atoms.